The number of anilines is 1. The minimum absolute atomic E-state index is 0.0442. The second-order valence-electron chi connectivity index (χ2n) is 10.3. The van der Waals surface area contributed by atoms with E-state index in [1.807, 2.05) is 0 Å². The van der Waals surface area contributed by atoms with Crippen molar-refractivity contribution in [3.63, 3.8) is 0 Å². The largest absolute Gasteiger partial charge is 0.493 e. The monoisotopic (exact) mass is 533 g/mol. The number of halogens is 3. The number of nitrogens with zero attached hydrogens (tertiary/aromatic N) is 5. The van der Waals surface area contributed by atoms with Gasteiger partial charge in [0.1, 0.15) is 11.1 Å². The Kier molecular flexibility index (Phi) is 5.68. The molecule has 3 aliphatic carbocycles. The highest BCUT2D eigenvalue weighted by molar-refractivity contribution is 5.86. The van der Waals surface area contributed by atoms with E-state index in [2.05, 4.69) is 40.7 Å². The van der Waals surface area contributed by atoms with Gasteiger partial charge in [-0.05, 0) is 57.4 Å². The molecular formula is C23H26F3N9O3. The van der Waals surface area contributed by atoms with Gasteiger partial charge in [0.25, 0.3) is 5.62 Å². The molecule has 1 amide bonds. The van der Waals surface area contributed by atoms with Crippen LogP contribution in [0.5, 0.6) is 5.88 Å². The summed E-state index contributed by atoms with van der Waals surface area (Å²) in [6, 6.07) is -0.193. The number of aromatic hydroxyl groups is 1. The lowest BCUT2D eigenvalue weighted by Crippen LogP contribution is -2.47. The molecule has 0 radical (unpaired) electrons. The van der Waals surface area contributed by atoms with Gasteiger partial charge in [0.05, 0.1) is 12.2 Å². The van der Waals surface area contributed by atoms with Crippen LogP contribution in [0.25, 0.3) is 11.7 Å². The summed E-state index contributed by atoms with van der Waals surface area (Å²) in [4.78, 5) is 42.3. The third-order valence-electron chi connectivity index (χ3n) is 7.38. The molecule has 12 nitrogen and oxygen atoms in total. The Morgan fingerprint density at radius 2 is 1.84 bits per heavy atom. The molecule has 0 bridgehead atoms. The molecular weight excluding hydrogens is 507 g/mol. The highest BCUT2D eigenvalue weighted by atomic mass is 19.4. The predicted octanol–water partition coefficient (Wildman–Crippen LogP) is 0.639. The van der Waals surface area contributed by atoms with Crippen LogP contribution >= 0.6 is 0 Å². The first-order valence-electron chi connectivity index (χ1n) is 12.6. The highest BCUT2D eigenvalue weighted by Crippen LogP contribution is 2.57. The number of fused-ring (bicyclic) bond motifs is 1. The fraction of sp³-hybridized carbons (Fsp3) is 0.565. The van der Waals surface area contributed by atoms with Crippen molar-refractivity contribution < 1.29 is 23.1 Å². The Morgan fingerprint density at radius 3 is 2.45 bits per heavy atom. The van der Waals surface area contributed by atoms with Crippen LogP contribution in [0.2, 0.25) is 0 Å². The molecule has 6 rings (SSSR count). The van der Waals surface area contributed by atoms with Crippen LogP contribution in [-0.2, 0) is 4.79 Å². The summed E-state index contributed by atoms with van der Waals surface area (Å²) in [6.07, 6.45) is 2.46. The maximum absolute atomic E-state index is 13.2. The number of imidazole rings is 1. The summed E-state index contributed by atoms with van der Waals surface area (Å²) in [5.41, 5.74) is -1.79. The van der Waals surface area contributed by atoms with Gasteiger partial charge in [-0.25, -0.2) is 9.79 Å². The average Bonchev–Trinajstić information content (AvgIpc) is 3.77. The number of hydrogen-bond acceptors (Lipinski definition) is 8. The Bertz CT molecular complexity index is 1560. The molecule has 202 valence electrons. The first kappa shape index (κ1) is 24.4. The summed E-state index contributed by atoms with van der Waals surface area (Å²) in [5.74, 6) is -0.905. The molecule has 3 aromatic heterocycles. The molecule has 0 aromatic carbocycles. The van der Waals surface area contributed by atoms with E-state index in [1.165, 1.54) is 16.8 Å². The number of aromatic nitrogens is 6. The maximum Gasteiger partial charge on any atom is 0.403 e. The van der Waals surface area contributed by atoms with Crippen molar-refractivity contribution in [2.24, 2.45) is 10.4 Å². The van der Waals surface area contributed by atoms with Crippen molar-refractivity contribution in [1.29, 1.82) is 0 Å². The summed E-state index contributed by atoms with van der Waals surface area (Å²) in [6.45, 7) is 0. The average molecular weight is 534 g/mol. The van der Waals surface area contributed by atoms with Gasteiger partial charge >= 0.3 is 11.9 Å². The van der Waals surface area contributed by atoms with Crippen LogP contribution in [0, 0.1) is 5.41 Å². The third-order valence-corrected chi connectivity index (χ3v) is 7.38. The molecule has 3 aromatic rings. The Labute approximate surface area is 212 Å². The summed E-state index contributed by atoms with van der Waals surface area (Å²) in [7, 11) is 0. The van der Waals surface area contributed by atoms with Gasteiger partial charge < -0.3 is 20.7 Å². The van der Waals surface area contributed by atoms with E-state index in [1.54, 1.807) is 0 Å². The minimum Gasteiger partial charge on any atom is -0.493 e. The fourth-order valence-electron chi connectivity index (χ4n) is 4.80. The predicted molar refractivity (Wildman–Crippen MR) is 127 cm³/mol. The second kappa shape index (κ2) is 8.84. The van der Waals surface area contributed by atoms with Gasteiger partial charge in [-0.2, -0.15) is 32.8 Å². The first-order valence-corrected chi connectivity index (χ1v) is 12.6. The van der Waals surface area contributed by atoms with E-state index in [-0.39, 0.29) is 42.5 Å². The van der Waals surface area contributed by atoms with Crippen molar-refractivity contribution in [2.75, 3.05) is 5.32 Å². The summed E-state index contributed by atoms with van der Waals surface area (Å²) < 4.78 is 41.2. The van der Waals surface area contributed by atoms with Gasteiger partial charge in [0.2, 0.25) is 17.7 Å². The van der Waals surface area contributed by atoms with Crippen LogP contribution in [0.4, 0.5) is 19.1 Å². The van der Waals surface area contributed by atoms with Crippen LogP contribution < -0.4 is 27.2 Å². The first-order chi connectivity index (χ1) is 18.1. The van der Waals surface area contributed by atoms with Crippen LogP contribution in [0.15, 0.2) is 16.0 Å². The van der Waals surface area contributed by atoms with Gasteiger partial charge in [-0.1, -0.05) is 0 Å². The van der Waals surface area contributed by atoms with Gasteiger partial charge in [-0.15, -0.1) is 0 Å². The molecule has 0 unspecified atom stereocenters. The van der Waals surface area contributed by atoms with Crippen molar-refractivity contribution in [3.05, 3.63) is 33.2 Å². The normalized spacial score (nSPS) is 24.1. The van der Waals surface area contributed by atoms with E-state index in [4.69, 9.17) is 0 Å². The number of aromatic amines is 2. The van der Waals surface area contributed by atoms with Crippen molar-refractivity contribution in [3.8, 4) is 5.88 Å². The van der Waals surface area contributed by atoms with E-state index in [0.717, 1.165) is 12.8 Å². The van der Waals surface area contributed by atoms with Crippen molar-refractivity contribution in [2.45, 2.75) is 75.7 Å². The summed E-state index contributed by atoms with van der Waals surface area (Å²) >= 11 is 0. The smallest absolute Gasteiger partial charge is 0.403 e. The van der Waals surface area contributed by atoms with E-state index >= 15 is 0 Å². The van der Waals surface area contributed by atoms with Crippen LogP contribution in [-0.4, -0.2) is 64.9 Å². The van der Waals surface area contributed by atoms with Crippen molar-refractivity contribution in [1.82, 2.24) is 34.9 Å². The molecule has 15 heteroatoms. The van der Waals surface area contributed by atoms with Crippen molar-refractivity contribution >= 4 is 23.6 Å². The van der Waals surface area contributed by atoms with Crippen LogP contribution in [0.3, 0.4) is 0 Å². The lowest BCUT2D eigenvalue weighted by Gasteiger charge is -2.31. The second-order valence-corrected chi connectivity index (χ2v) is 10.3. The highest BCUT2D eigenvalue weighted by Gasteiger charge is 2.68. The maximum atomic E-state index is 13.2. The van der Waals surface area contributed by atoms with E-state index in [0.29, 0.717) is 48.1 Å². The number of alkyl halides is 3. The number of H-pyrrole nitrogens is 2. The molecule has 0 atom stereocenters. The zero-order valence-electron chi connectivity index (χ0n) is 20.2. The standard InChI is InChI=1S/C23H26F3N9O3/c24-23(25,26)22(7-8-22)18(37)28-12-1-3-13(4-2-12)29-19-32-16-11(9-15-17(36)33-21(38)31-15)10-27-35(16)20(34-19)30-14-5-6-14/h9-10,12-14,36H,1-8H2,(H,28,37)(H,29,30,34)(H2,31,33,38)/b11-9-. The Morgan fingerprint density at radius 1 is 1.13 bits per heavy atom. The lowest BCUT2D eigenvalue weighted by molar-refractivity contribution is -0.192. The lowest BCUT2D eigenvalue weighted by atomic mass is 9.90. The number of rotatable bonds is 6. The molecule has 3 heterocycles. The van der Waals surface area contributed by atoms with Gasteiger partial charge in [0, 0.05) is 17.3 Å². The van der Waals surface area contributed by atoms with E-state index < -0.39 is 23.2 Å². The molecule has 3 fully saturated rings. The Balaban J connectivity index is 1.20. The SMILES string of the molecule is O=C(NC1CCC(Nc2nc(=NC3CC3)n3nc/c(=C/c4[nH]c(=O)[nH]c4O)c3n2)CC1)C1(C(F)(F)F)CC1. The zero-order chi connectivity index (χ0) is 26.7. The Hall–Kier alpha value is -3.91. The topological polar surface area (TPSA) is 165 Å². The number of carbonyl (C=O) groups excluding carboxylic acids is 1. The molecule has 0 saturated heterocycles. The molecule has 5 N–H and O–H groups in total. The molecule has 38 heavy (non-hydrogen) atoms. The molecule has 0 spiro atoms. The van der Waals surface area contributed by atoms with Gasteiger partial charge in [0.15, 0.2) is 5.65 Å². The fourth-order valence-corrected chi connectivity index (χ4v) is 4.80. The van der Waals surface area contributed by atoms with E-state index in [9.17, 15) is 27.9 Å². The number of nitrogens with one attached hydrogen (secondary N) is 4. The van der Waals surface area contributed by atoms with Gasteiger partial charge in [-0.3, -0.25) is 9.78 Å². The third kappa shape index (κ3) is 4.60. The zero-order valence-corrected chi connectivity index (χ0v) is 20.2. The molecule has 3 saturated carbocycles. The molecule has 0 aliphatic heterocycles. The quantitative estimate of drug-likeness (QED) is 0.310. The van der Waals surface area contributed by atoms with Crippen LogP contribution in [0.1, 0.15) is 57.1 Å². The minimum atomic E-state index is -4.52. The number of carbonyl (C=O) groups is 1. The number of amides is 1. The number of hydrogen-bond donors (Lipinski definition) is 5. The molecule has 3 aliphatic rings. The summed E-state index contributed by atoms with van der Waals surface area (Å²) in [5, 5.41) is 20.7.